The fourth-order valence-corrected chi connectivity index (χ4v) is 1.85. The molecule has 2 heterocycles. The highest BCUT2D eigenvalue weighted by Crippen LogP contribution is 2.25. The average Bonchev–Trinajstić information content (AvgIpc) is 2.23. The fourth-order valence-electron chi connectivity index (χ4n) is 1.45. The highest BCUT2D eigenvalue weighted by molar-refractivity contribution is 6.32. The molecule has 1 saturated heterocycles. The van der Waals surface area contributed by atoms with Crippen molar-refractivity contribution in [3.8, 4) is 0 Å². The molecule has 1 aromatic heterocycles. The maximum Gasteiger partial charge on any atom is 0.133 e. The van der Waals surface area contributed by atoms with Crippen molar-refractivity contribution in [1.82, 2.24) is 10.3 Å². The normalized spacial score (nSPS) is 22.3. The Labute approximate surface area is 92.4 Å². The number of hydrogen-bond donors (Lipinski definition) is 1. The first-order valence-electron chi connectivity index (χ1n) is 4.39. The molecule has 76 valence electrons. The van der Waals surface area contributed by atoms with Gasteiger partial charge in [0.05, 0.1) is 24.3 Å². The minimum atomic E-state index is 0.0995. The van der Waals surface area contributed by atoms with E-state index in [0.717, 1.165) is 18.7 Å². The Bertz CT molecular complexity index is 327. The monoisotopic (exact) mass is 232 g/mol. The first-order valence-corrected chi connectivity index (χ1v) is 5.15. The van der Waals surface area contributed by atoms with Gasteiger partial charge in [0, 0.05) is 18.3 Å². The lowest BCUT2D eigenvalue weighted by Crippen LogP contribution is -2.34. The summed E-state index contributed by atoms with van der Waals surface area (Å²) in [6.45, 7) is 2.18. The van der Waals surface area contributed by atoms with Crippen molar-refractivity contribution in [2.75, 3.05) is 19.8 Å². The van der Waals surface area contributed by atoms with Crippen LogP contribution in [-0.4, -0.2) is 24.7 Å². The summed E-state index contributed by atoms with van der Waals surface area (Å²) < 4.78 is 5.34. The van der Waals surface area contributed by atoms with E-state index in [-0.39, 0.29) is 6.04 Å². The van der Waals surface area contributed by atoms with Gasteiger partial charge in [-0.15, -0.1) is 0 Å². The van der Waals surface area contributed by atoms with Crippen LogP contribution in [0, 0.1) is 0 Å². The molecular formula is C9H10Cl2N2O. The van der Waals surface area contributed by atoms with Crippen molar-refractivity contribution in [2.45, 2.75) is 6.04 Å². The molecule has 0 aliphatic carbocycles. The third-order valence-electron chi connectivity index (χ3n) is 2.13. The molecule has 0 radical (unpaired) electrons. The van der Waals surface area contributed by atoms with Crippen LogP contribution in [-0.2, 0) is 4.74 Å². The van der Waals surface area contributed by atoms with Gasteiger partial charge in [-0.25, -0.2) is 4.98 Å². The Hall–Kier alpha value is -0.350. The summed E-state index contributed by atoms with van der Waals surface area (Å²) in [5.41, 5.74) is 0.902. The maximum absolute atomic E-state index is 5.96. The summed E-state index contributed by atoms with van der Waals surface area (Å²) in [5.74, 6) is 0. The third-order valence-corrected chi connectivity index (χ3v) is 2.65. The van der Waals surface area contributed by atoms with E-state index < -0.39 is 0 Å². The van der Waals surface area contributed by atoms with Crippen LogP contribution in [0.2, 0.25) is 10.2 Å². The molecule has 0 aromatic carbocycles. The van der Waals surface area contributed by atoms with Crippen LogP contribution in [0.25, 0.3) is 0 Å². The Kier molecular flexibility index (Phi) is 3.23. The largest absolute Gasteiger partial charge is 0.378 e. The van der Waals surface area contributed by atoms with Crippen LogP contribution in [0.4, 0.5) is 0 Å². The number of ether oxygens (including phenoxy) is 1. The van der Waals surface area contributed by atoms with Gasteiger partial charge in [0.15, 0.2) is 0 Å². The molecule has 1 aromatic rings. The molecule has 0 spiro atoms. The second kappa shape index (κ2) is 4.45. The second-order valence-corrected chi connectivity index (χ2v) is 3.91. The Morgan fingerprint density at radius 1 is 1.50 bits per heavy atom. The molecule has 1 N–H and O–H groups in total. The first kappa shape index (κ1) is 10.2. The molecular weight excluding hydrogens is 223 g/mol. The van der Waals surface area contributed by atoms with E-state index in [9.17, 15) is 0 Å². The van der Waals surface area contributed by atoms with Crippen LogP contribution in [0.15, 0.2) is 12.3 Å². The van der Waals surface area contributed by atoms with Gasteiger partial charge >= 0.3 is 0 Å². The number of morpholine rings is 1. The fraction of sp³-hybridized carbons (Fsp3) is 0.444. The smallest absolute Gasteiger partial charge is 0.133 e. The van der Waals surface area contributed by atoms with Crippen molar-refractivity contribution < 1.29 is 4.74 Å². The number of nitrogens with zero attached hydrogens (tertiary/aromatic N) is 1. The molecule has 2 rings (SSSR count). The summed E-state index contributed by atoms with van der Waals surface area (Å²) in [5, 5.41) is 4.37. The maximum atomic E-state index is 5.96. The summed E-state index contributed by atoms with van der Waals surface area (Å²) in [6.07, 6.45) is 1.54. The number of pyridine rings is 1. The zero-order valence-electron chi connectivity index (χ0n) is 7.46. The van der Waals surface area contributed by atoms with Crippen molar-refractivity contribution in [3.05, 3.63) is 28.0 Å². The lowest BCUT2D eigenvalue weighted by atomic mass is 10.1. The predicted molar refractivity (Wildman–Crippen MR) is 55.8 cm³/mol. The van der Waals surface area contributed by atoms with Crippen molar-refractivity contribution in [1.29, 1.82) is 0 Å². The van der Waals surface area contributed by atoms with Crippen LogP contribution in [0.3, 0.4) is 0 Å². The quantitative estimate of drug-likeness (QED) is 0.754. The van der Waals surface area contributed by atoms with Gasteiger partial charge in [0.2, 0.25) is 0 Å². The zero-order chi connectivity index (χ0) is 9.97. The minimum Gasteiger partial charge on any atom is -0.378 e. The number of aromatic nitrogens is 1. The number of nitrogens with one attached hydrogen (secondary N) is 1. The molecule has 1 fully saturated rings. The standard InChI is InChI=1S/C9H10Cl2N2O/c10-6-3-7(9(11)13-4-6)8-5-14-2-1-12-8/h3-4,8,12H,1-2,5H2. The molecule has 3 nitrogen and oxygen atoms in total. The lowest BCUT2D eigenvalue weighted by Gasteiger charge is -2.24. The van der Waals surface area contributed by atoms with E-state index in [0.29, 0.717) is 16.8 Å². The number of halogens is 2. The van der Waals surface area contributed by atoms with E-state index in [1.54, 1.807) is 0 Å². The SMILES string of the molecule is Clc1cnc(Cl)c(C2COCCN2)c1. The highest BCUT2D eigenvalue weighted by atomic mass is 35.5. The van der Waals surface area contributed by atoms with Gasteiger partial charge in [-0.1, -0.05) is 23.2 Å². The van der Waals surface area contributed by atoms with Crippen LogP contribution in [0.5, 0.6) is 0 Å². The van der Waals surface area contributed by atoms with E-state index in [1.807, 2.05) is 6.07 Å². The molecule has 1 unspecified atom stereocenters. The van der Waals surface area contributed by atoms with Crippen molar-refractivity contribution in [2.24, 2.45) is 0 Å². The van der Waals surface area contributed by atoms with Crippen molar-refractivity contribution in [3.63, 3.8) is 0 Å². The molecule has 1 atom stereocenters. The van der Waals surface area contributed by atoms with Crippen LogP contribution < -0.4 is 5.32 Å². The van der Waals surface area contributed by atoms with Crippen LogP contribution in [0.1, 0.15) is 11.6 Å². The third kappa shape index (κ3) is 2.17. The molecule has 1 aliphatic rings. The van der Waals surface area contributed by atoms with Gasteiger partial charge in [0.25, 0.3) is 0 Å². The van der Waals surface area contributed by atoms with E-state index >= 15 is 0 Å². The zero-order valence-corrected chi connectivity index (χ0v) is 8.98. The van der Waals surface area contributed by atoms with Gasteiger partial charge < -0.3 is 10.1 Å². The van der Waals surface area contributed by atoms with Crippen LogP contribution >= 0.6 is 23.2 Å². The summed E-state index contributed by atoms with van der Waals surface area (Å²) in [7, 11) is 0. The predicted octanol–water partition coefficient (Wildman–Crippen LogP) is 2.05. The summed E-state index contributed by atoms with van der Waals surface area (Å²) in [4.78, 5) is 3.99. The molecule has 1 aliphatic heterocycles. The topological polar surface area (TPSA) is 34.1 Å². The van der Waals surface area contributed by atoms with E-state index in [1.165, 1.54) is 6.20 Å². The van der Waals surface area contributed by atoms with Gasteiger partial charge in [-0.3, -0.25) is 0 Å². The van der Waals surface area contributed by atoms with E-state index in [4.69, 9.17) is 27.9 Å². The highest BCUT2D eigenvalue weighted by Gasteiger charge is 2.18. The first-order chi connectivity index (χ1) is 6.77. The Morgan fingerprint density at radius 3 is 3.07 bits per heavy atom. The van der Waals surface area contributed by atoms with Gasteiger partial charge in [-0.2, -0.15) is 0 Å². The van der Waals surface area contributed by atoms with E-state index in [2.05, 4.69) is 10.3 Å². The summed E-state index contributed by atoms with van der Waals surface area (Å²) in [6, 6.07) is 1.92. The molecule has 0 amide bonds. The van der Waals surface area contributed by atoms with Crippen molar-refractivity contribution >= 4 is 23.2 Å². The van der Waals surface area contributed by atoms with Gasteiger partial charge in [0.1, 0.15) is 5.15 Å². The molecule has 0 bridgehead atoms. The molecule has 14 heavy (non-hydrogen) atoms. The molecule has 5 heteroatoms. The lowest BCUT2D eigenvalue weighted by molar-refractivity contribution is 0.0768. The minimum absolute atomic E-state index is 0.0995. The number of rotatable bonds is 1. The Morgan fingerprint density at radius 2 is 2.36 bits per heavy atom. The Balaban J connectivity index is 2.24. The second-order valence-electron chi connectivity index (χ2n) is 3.12. The van der Waals surface area contributed by atoms with Gasteiger partial charge in [-0.05, 0) is 6.07 Å². The average molecular weight is 233 g/mol. The number of hydrogen-bond acceptors (Lipinski definition) is 3. The summed E-state index contributed by atoms with van der Waals surface area (Å²) >= 11 is 11.8. The molecule has 0 saturated carbocycles.